The van der Waals surface area contributed by atoms with Crippen LogP contribution in [0.15, 0.2) is 29.9 Å². The maximum atomic E-state index is 12.2. The molecule has 1 saturated heterocycles. The number of carbonyl (C=O) groups is 1. The number of H-pyrrole nitrogens is 1. The fourth-order valence-electron chi connectivity index (χ4n) is 3.22. The highest BCUT2D eigenvalue weighted by molar-refractivity contribution is 7.13. The lowest BCUT2D eigenvalue weighted by molar-refractivity contribution is -0.117. The first-order chi connectivity index (χ1) is 13.2. The summed E-state index contributed by atoms with van der Waals surface area (Å²) in [6, 6.07) is 3.83. The lowest BCUT2D eigenvalue weighted by atomic mass is 9.96. The monoisotopic (exact) mass is 383 g/mol. The highest BCUT2D eigenvalue weighted by Crippen LogP contribution is 2.26. The summed E-state index contributed by atoms with van der Waals surface area (Å²) in [5, 5.41) is 12.8. The zero-order valence-corrected chi connectivity index (χ0v) is 15.9. The number of pyridine rings is 1. The second-order valence-corrected chi connectivity index (χ2v) is 7.54. The fourth-order valence-corrected chi connectivity index (χ4v) is 3.92. The molecule has 0 spiro atoms. The van der Waals surface area contributed by atoms with E-state index < -0.39 is 0 Å². The van der Waals surface area contributed by atoms with Crippen LogP contribution in [0, 0.1) is 6.92 Å². The number of aromatic nitrogens is 5. The maximum absolute atomic E-state index is 12.2. The molecule has 0 saturated carbocycles. The molecule has 27 heavy (non-hydrogen) atoms. The van der Waals surface area contributed by atoms with E-state index in [0.717, 1.165) is 43.0 Å². The summed E-state index contributed by atoms with van der Waals surface area (Å²) >= 11 is 1.45. The van der Waals surface area contributed by atoms with Crippen molar-refractivity contribution in [2.75, 3.05) is 25.0 Å². The Kier molecular flexibility index (Phi) is 5.21. The summed E-state index contributed by atoms with van der Waals surface area (Å²) in [5.74, 6) is 1.92. The molecule has 1 aliphatic heterocycles. The van der Waals surface area contributed by atoms with Crippen molar-refractivity contribution in [3.05, 3.63) is 41.4 Å². The fraction of sp³-hybridized carbons (Fsp3) is 0.389. The smallest absolute Gasteiger partial charge is 0.240 e. The molecule has 4 rings (SSSR count). The van der Waals surface area contributed by atoms with E-state index in [1.165, 1.54) is 11.3 Å². The number of amides is 1. The zero-order valence-electron chi connectivity index (χ0n) is 15.1. The summed E-state index contributed by atoms with van der Waals surface area (Å²) in [6.45, 7) is 4.03. The van der Waals surface area contributed by atoms with Gasteiger partial charge in [-0.25, -0.2) is 9.97 Å². The van der Waals surface area contributed by atoms with E-state index in [1.807, 2.05) is 24.4 Å². The van der Waals surface area contributed by atoms with Gasteiger partial charge in [-0.05, 0) is 45.0 Å². The van der Waals surface area contributed by atoms with Gasteiger partial charge < -0.3 is 5.32 Å². The van der Waals surface area contributed by atoms with Crippen LogP contribution in [0.3, 0.4) is 0 Å². The van der Waals surface area contributed by atoms with Crippen molar-refractivity contribution in [3.8, 4) is 11.4 Å². The van der Waals surface area contributed by atoms with Gasteiger partial charge in [0.25, 0.3) is 0 Å². The van der Waals surface area contributed by atoms with E-state index in [2.05, 4.69) is 35.4 Å². The molecule has 0 unspecified atom stereocenters. The quantitative estimate of drug-likeness (QED) is 0.702. The third-order valence-electron chi connectivity index (χ3n) is 4.63. The van der Waals surface area contributed by atoms with Crippen LogP contribution in [0.4, 0.5) is 5.13 Å². The molecular weight excluding hydrogens is 362 g/mol. The van der Waals surface area contributed by atoms with E-state index >= 15 is 0 Å². The Balaban J connectivity index is 1.29. The largest absolute Gasteiger partial charge is 0.301 e. The summed E-state index contributed by atoms with van der Waals surface area (Å²) in [4.78, 5) is 27.4. The Morgan fingerprint density at radius 2 is 2.22 bits per heavy atom. The Bertz CT molecular complexity index is 899. The molecule has 9 heteroatoms. The number of carbonyl (C=O) groups excluding carboxylic acids is 1. The molecule has 0 bridgehead atoms. The molecule has 8 nitrogen and oxygen atoms in total. The van der Waals surface area contributed by atoms with Gasteiger partial charge in [0.2, 0.25) is 5.91 Å². The predicted octanol–water partition coefficient (Wildman–Crippen LogP) is 2.45. The molecular formula is C18H21N7OS. The lowest BCUT2D eigenvalue weighted by Gasteiger charge is -2.30. The minimum Gasteiger partial charge on any atom is -0.301 e. The molecule has 2 N–H and O–H groups in total. The summed E-state index contributed by atoms with van der Waals surface area (Å²) in [5.41, 5.74) is 1.83. The van der Waals surface area contributed by atoms with Crippen LogP contribution in [0.1, 0.15) is 30.3 Å². The molecule has 1 aliphatic rings. The van der Waals surface area contributed by atoms with Crippen molar-refractivity contribution in [2.24, 2.45) is 0 Å². The number of thiazole rings is 1. The van der Waals surface area contributed by atoms with Crippen LogP contribution in [-0.2, 0) is 4.79 Å². The Labute approximate surface area is 161 Å². The normalized spacial score (nSPS) is 15.7. The van der Waals surface area contributed by atoms with E-state index in [1.54, 1.807) is 12.4 Å². The number of aromatic amines is 1. The molecule has 0 radical (unpaired) electrons. The Morgan fingerprint density at radius 1 is 1.37 bits per heavy atom. The molecule has 0 aromatic carbocycles. The van der Waals surface area contributed by atoms with Crippen LogP contribution in [0.2, 0.25) is 0 Å². The number of piperidine rings is 1. The molecule has 1 amide bonds. The summed E-state index contributed by atoms with van der Waals surface area (Å²) in [6.07, 6.45) is 5.40. The summed E-state index contributed by atoms with van der Waals surface area (Å²) < 4.78 is 0. The third kappa shape index (κ3) is 4.37. The first-order valence-electron chi connectivity index (χ1n) is 8.94. The number of rotatable bonds is 5. The standard InChI is InChI=1S/C18H21N7OS/c1-12-11-27-18(20-12)21-15(26)10-25-7-4-13(5-8-25)16-22-17(24-23-16)14-3-2-6-19-9-14/h2-3,6,9,11,13H,4-5,7-8,10H2,1H3,(H,20,21,26)(H,22,23,24). The van der Waals surface area contributed by atoms with Gasteiger partial charge in [-0.1, -0.05) is 0 Å². The van der Waals surface area contributed by atoms with Crippen LogP contribution < -0.4 is 5.32 Å². The van der Waals surface area contributed by atoms with Crippen LogP contribution >= 0.6 is 11.3 Å². The first-order valence-corrected chi connectivity index (χ1v) is 9.82. The molecule has 4 heterocycles. The van der Waals surface area contributed by atoms with Gasteiger partial charge in [0.1, 0.15) is 5.82 Å². The maximum Gasteiger partial charge on any atom is 0.240 e. The number of likely N-dealkylation sites (tertiary alicyclic amines) is 1. The lowest BCUT2D eigenvalue weighted by Crippen LogP contribution is -2.38. The molecule has 3 aromatic rings. The van der Waals surface area contributed by atoms with Crippen molar-refractivity contribution >= 4 is 22.4 Å². The zero-order chi connectivity index (χ0) is 18.6. The van der Waals surface area contributed by atoms with Gasteiger partial charge in [-0.3, -0.25) is 19.8 Å². The number of aryl methyl sites for hydroxylation is 1. The number of hydrogen-bond acceptors (Lipinski definition) is 7. The van der Waals surface area contributed by atoms with Crippen LogP contribution in [0.5, 0.6) is 0 Å². The Hall–Kier alpha value is -2.65. The highest BCUT2D eigenvalue weighted by Gasteiger charge is 2.24. The second kappa shape index (κ2) is 7.93. The van der Waals surface area contributed by atoms with E-state index in [4.69, 9.17) is 0 Å². The predicted molar refractivity (Wildman–Crippen MR) is 104 cm³/mol. The van der Waals surface area contributed by atoms with Gasteiger partial charge in [-0.15, -0.1) is 11.3 Å². The van der Waals surface area contributed by atoms with E-state index in [0.29, 0.717) is 23.4 Å². The van der Waals surface area contributed by atoms with Crippen LogP contribution in [0.25, 0.3) is 11.4 Å². The number of hydrogen-bond donors (Lipinski definition) is 2. The SMILES string of the molecule is Cc1csc(NC(=O)CN2CCC(c3nc(-c4cccnc4)n[nH]3)CC2)n1. The highest BCUT2D eigenvalue weighted by atomic mass is 32.1. The topological polar surface area (TPSA) is 99.7 Å². The van der Waals surface area contributed by atoms with Crippen LogP contribution in [-0.4, -0.2) is 55.6 Å². The van der Waals surface area contributed by atoms with E-state index in [9.17, 15) is 4.79 Å². The van der Waals surface area contributed by atoms with Gasteiger partial charge >= 0.3 is 0 Å². The summed E-state index contributed by atoms with van der Waals surface area (Å²) in [7, 11) is 0. The van der Waals surface area contributed by atoms with Crippen molar-refractivity contribution < 1.29 is 4.79 Å². The van der Waals surface area contributed by atoms with E-state index in [-0.39, 0.29) is 5.91 Å². The third-order valence-corrected chi connectivity index (χ3v) is 5.50. The molecule has 0 atom stereocenters. The average Bonchev–Trinajstić information content (AvgIpc) is 3.32. The minimum absolute atomic E-state index is 0.0127. The number of nitrogens with zero attached hydrogens (tertiary/aromatic N) is 5. The molecule has 0 aliphatic carbocycles. The average molecular weight is 383 g/mol. The van der Waals surface area contributed by atoms with Crippen molar-refractivity contribution in [1.29, 1.82) is 0 Å². The van der Waals surface area contributed by atoms with Gasteiger partial charge in [0.15, 0.2) is 11.0 Å². The molecule has 3 aromatic heterocycles. The van der Waals surface area contributed by atoms with Gasteiger partial charge in [0.05, 0.1) is 12.2 Å². The van der Waals surface area contributed by atoms with Crippen molar-refractivity contribution in [1.82, 2.24) is 30.0 Å². The minimum atomic E-state index is -0.0127. The second-order valence-electron chi connectivity index (χ2n) is 6.68. The molecule has 1 fully saturated rings. The first kappa shape index (κ1) is 17.7. The number of anilines is 1. The van der Waals surface area contributed by atoms with Gasteiger partial charge in [-0.2, -0.15) is 5.10 Å². The van der Waals surface area contributed by atoms with Crippen molar-refractivity contribution in [2.45, 2.75) is 25.7 Å². The Morgan fingerprint density at radius 3 is 2.93 bits per heavy atom. The molecule has 140 valence electrons. The number of nitrogens with one attached hydrogen (secondary N) is 2. The van der Waals surface area contributed by atoms with Gasteiger partial charge in [0, 0.05) is 29.3 Å². The van der Waals surface area contributed by atoms with Crippen molar-refractivity contribution in [3.63, 3.8) is 0 Å².